The Morgan fingerprint density at radius 2 is 1.97 bits per heavy atom. The Balaban J connectivity index is 0.00000158. The maximum absolute atomic E-state index is 7.00. The predicted molar refractivity (Wildman–Crippen MR) is 139 cm³/mol. The number of nitrogens with zero attached hydrogens (tertiary/aromatic N) is 4. The van der Waals surface area contributed by atoms with Gasteiger partial charge in [0.1, 0.15) is 23.9 Å². The summed E-state index contributed by atoms with van der Waals surface area (Å²) in [5.74, 6) is 3.58. The van der Waals surface area contributed by atoms with Gasteiger partial charge in [-0.25, -0.2) is 15.0 Å². The van der Waals surface area contributed by atoms with Crippen LogP contribution in [0, 0.1) is 0 Å². The van der Waals surface area contributed by atoms with Crippen molar-refractivity contribution in [1.29, 1.82) is 0 Å². The minimum Gasteiger partial charge on any atom is -0.400 e. The summed E-state index contributed by atoms with van der Waals surface area (Å²) in [5.41, 5.74) is 9.60. The van der Waals surface area contributed by atoms with Crippen LogP contribution in [-0.2, 0) is 4.74 Å². The van der Waals surface area contributed by atoms with E-state index in [9.17, 15) is 0 Å². The molecule has 1 aromatic carbocycles. The number of aromatic nitrogens is 4. The molecule has 3 heterocycles. The number of imidazole rings is 1. The molecule has 1 fully saturated rings. The van der Waals surface area contributed by atoms with Crippen LogP contribution in [0.5, 0.6) is 0 Å². The molecule has 2 unspecified atom stereocenters. The van der Waals surface area contributed by atoms with Crippen LogP contribution in [0.1, 0.15) is 39.3 Å². The van der Waals surface area contributed by atoms with Gasteiger partial charge in [-0.3, -0.25) is 4.57 Å². The predicted octanol–water partition coefficient (Wildman–Crippen LogP) is 3.77. The van der Waals surface area contributed by atoms with Crippen molar-refractivity contribution in [2.45, 2.75) is 45.4 Å². The fourth-order valence-corrected chi connectivity index (χ4v) is 4.73. The van der Waals surface area contributed by atoms with Gasteiger partial charge < -0.3 is 26.2 Å². The van der Waals surface area contributed by atoms with E-state index in [-0.39, 0.29) is 12.3 Å². The molecule has 5 N–H and O–H groups in total. The van der Waals surface area contributed by atoms with Crippen LogP contribution < -0.4 is 16.4 Å². The summed E-state index contributed by atoms with van der Waals surface area (Å²) >= 11 is 1.95. The number of nitrogens with one attached hydrogen (secondary N) is 2. The van der Waals surface area contributed by atoms with E-state index < -0.39 is 0 Å². The summed E-state index contributed by atoms with van der Waals surface area (Å²) in [7, 11) is 1.00. The largest absolute Gasteiger partial charge is 0.400 e. The summed E-state index contributed by atoms with van der Waals surface area (Å²) in [6.45, 7) is 5.17. The molecule has 0 bridgehead atoms. The van der Waals surface area contributed by atoms with Gasteiger partial charge in [0, 0.05) is 25.1 Å². The zero-order valence-corrected chi connectivity index (χ0v) is 20.9. The maximum atomic E-state index is 7.00. The average Bonchev–Trinajstić information content (AvgIpc) is 3.50. The third kappa shape index (κ3) is 6.85. The second kappa shape index (κ2) is 13.2. The first-order valence-corrected chi connectivity index (χ1v) is 12.6. The summed E-state index contributed by atoms with van der Waals surface area (Å²) in [5, 5.41) is 14.0. The smallest absolute Gasteiger partial charge is 0.167 e. The standard InChI is InChI=1S/C23H31N7OS.CH4O/c1-16(2)22(29-17-7-4-3-5-8-17)25-11-6-12-32-13-18-9-10-19(31-18)30-15-28-20-21(24)26-14-27-23(20)30;1-2/h3-5,7-8,14-15,18-19,25,29H,6,9-13H2,1-2H3,(H2,24,26,27);2H,1H3. The van der Waals surface area contributed by atoms with E-state index in [1.807, 2.05) is 34.5 Å². The molecule has 4 rings (SSSR count). The van der Waals surface area contributed by atoms with Gasteiger partial charge >= 0.3 is 0 Å². The lowest BCUT2D eigenvalue weighted by Crippen LogP contribution is -2.22. The van der Waals surface area contributed by atoms with Gasteiger partial charge in [0.2, 0.25) is 0 Å². The molecule has 9 nitrogen and oxygen atoms in total. The van der Waals surface area contributed by atoms with E-state index in [0.29, 0.717) is 11.3 Å². The summed E-state index contributed by atoms with van der Waals surface area (Å²) in [6.07, 6.45) is 6.54. The summed E-state index contributed by atoms with van der Waals surface area (Å²) < 4.78 is 8.24. The molecule has 34 heavy (non-hydrogen) atoms. The minimum atomic E-state index is -0.0362. The van der Waals surface area contributed by atoms with Gasteiger partial charge in [-0.1, -0.05) is 18.2 Å². The Hall–Kier alpha value is -2.82. The topological polar surface area (TPSA) is 123 Å². The number of fused-ring (bicyclic) bond motifs is 1. The van der Waals surface area contributed by atoms with Crippen LogP contribution in [0.3, 0.4) is 0 Å². The number of allylic oxidation sites excluding steroid dienone is 1. The quantitative estimate of drug-likeness (QED) is 0.318. The highest BCUT2D eigenvalue weighted by atomic mass is 32.2. The molecule has 1 saturated heterocycles. The number of nitrogen functional groups attached to an aromatic ring is 1. The molecule has 1 aliphatic heterocycles. The molecule has 0 radical (unpaired) electrons. The van der Waals surface area contributed by atoms with Gasteiger partial charge in [-0.15, -0.1) is 0 Å². The van der Waals surface area contributed by atoms with Crippen molar-refractivity contribution >= 4 is 34.4 Å². The lowest BCUT2D eigenvalue weighted by atomic mass is 10.2. The van der Waals surface area contributed by atoms with Gasteiger partial charge in [0.25, 0.3) is 0 Å². The molecular formula is C24H35N7O2S. The first-order chi connectivity index (χ1) is 16.6. The van der Waals surface area contributed by atoms with Gasteiger partial charge in [0.05, 0.1) is 12.4 Å². The molecule has 2 atom stereocenters. The average molecular weight is 486 g/mol. The number of hydrogen-bond acceptors (Lipinski definition) is 9. The highest BCUT2D eigenvalue weighted by Gasteiger charge is 2.28. The Morgan fingerprint density at radius 1 is 1.18 bits per heavy atom. The normalized spacial score (nSPS) is 17.2. The van der Waals surface area contributed by atoms with Crippen molar-refractivity contribution in [3.05, 3.63) is 54.4 Å². The maximum Gasteiger partial charge on any atom is 0.167 e. The van der Waals surface area contributed by atoms with E-state index >= 15 is 0 Å². The second-order valence-electron chi connectivity index (χ2n) is 8.09. The third-order valence-corrected chi connectivity index (χ3v) is 6.58. The number of rotatable bonds is 10. The zero-order valence-electron chi connectivity index (χ0n) is 20.1. The van der Waals surface area contributed by atoms with Crippen molar-refractivity contribution in [3.63, 3.8) is 0 Å². The summed E-state index contributed by atoms with van der Waals surface area (Å²) in [4.78, 5) is 12.7. The second-order valence-corrected chi connectivity index (χ2v) is 9.24. The highest BCUT2D eigenvalue weighted by molar-refractivity contribution is 7.99. The van der Waals surface area contributed by atoms with E-state index in [4.69, 9.17) is 15.6 Å². The number of hydrogen-bond donors (Lipinski definition) is 4. The number of aliphatic hydroxyl groups is 1. The molecule has 2 aromatic heterocycles. The number of thioether (sulfide) groups is 1. The van der Waals surface area contributed by atoms with Crippen LogP contribution in [-0.4, -0.2) is 55.9 Å². The Morgan fingerprint density at radius 3 is 2.74 bits per heavy atom. The molecule has 0 spiro atoms. The van der Waals surface area contributed by atoms with Crippen molar-refractivity contribution in [2.24, 2.45) is 0 Å². The molecule has 0 aliphatic carbocycles. The van der Waals surface area contributed by atoms with Crippen LogP contribution >= 0.6 is 11.8 Å². The van der Waals surface area contributed by atoms with E-state index in [0.717, 1.165) is 61.6 Å². The first-order valence-electron chi connectivity index (χ1n) is 11.5. The molecule has 184 valence electrons. The van der Waals surface area contributed by atoms with Crippen LogP contribution in [0.2, 0.25) is 0 Å². The number of aliphatic hydroxyl groups excluding tert-OH is 1. The number of anilines is 2. The molecule has 0 amide bonds. The van der Waals surface area contributed by atoms with Gasteiger partial charge in [0.15, 0.2) is 11.5 Å². The zero-order chi connectivity index (χ0) is 24.3. The van der Waals surface area contributed by atoms with Crippen LogP contribution in [0.15, 0.2) is 54.4 Å². The van der Waals surface area contributed by atoms with E-state index in [1.54, 1.807) is 6.33 Å². The van der Waals surface area contributed by atoms with Gasteiger partial charge in [-0.05, 0) is 56.6 Å². The van der Waals surface area contributed by atoms with Crippen molar-refractivity contribution < 1.29 is 9.84 Å². The Labute approximate surface area is 205 Å². The molecular weight excluding hydrogens is 450 g/mol. The molecule has 1 aliphatic rings. The number of nitrogens with two attached hydrogens (primary N) is 1. The van der Waals surface area contributed by atoms with Crippen LogP contribution in [0.4, 0.5) is 11.5 Å². The lowest BCUT2D eigenvalue weighted by Gasteiger charge is -2.16. The number of benzene rings is 1. The SMILES string of the molecule is CC(C)=C(NCCCSCC1CCC(n2cnc3c(N)ncnc32)O1)Nc1ccccc1.CO. The monoisotopic (exact) mass is 485 g/mol. The van der Waals surface area contributed by atoms with Gasteiger partial charge in [-0.2, -0.15) is 11.8 Å². The van der Waals surface area contributed by atoms with Crippen molar-refractivity contribution in [3.8, 4) is 0 Å². The highest BCUT2D eigenvalue weighted by Crippen LogP contribution is 2.32. The fraction of sp³-hybridized carbons (Fsp3) is 0.458. The lowest BCUT2D eigenvalue weighted by molar-refractivity contribution is 0.0153. The summed E-state index contributed by atoms with van der Waals surface area (Å²) in [6, 6.07) is 10.2. The van der Waals surface area contributed by atoms with Crippen LogP contribution in [0.25, 0.3) is 11.2 Å². The van der Waals surface area contributed by atoms with Crippen molar-refractivity contribution in [1.82, 2.24) is 24.8 Å². The van der Waals surface area contributed by atoms with Crippen molar-refractivity contribution in [2.75, 3.05) is 36.2 Å². The third-order valence-electron chi connectivity index (χ3n) is 5.40. The molecule has 0 saturated carbocycles. The fourth-order valence-electron chi connectivity index (χ4n) is 3.71. The number of para-hydroxylation sites is 1. The Bertz CT molecular complexity index is 1050. The molecule has 3 aromatic rings. The Kier molecular flexibility index (Phi) is 9.99. The van der Waals surface area contributed by atoms with E-state index in [2.05, 4.69) is 51.6 Å². The van der Waals surface area contributed by atoms with E-state index in [1.165, 1.54) is 11.9 Å². The first kappa shape index (κ1) is 25.8. The minimum absolute atomic E-state index is 0.0362. The number of ether oxygens (including phenoxy) is 1. The molecule has 10 heteroatoms.